The molecule has 4 heteroatoms. The number of nitrogen functional groups attached to an aromatic ring is 1. The minimum Gasteiger partial charge on any atom is -0.397 e. The van der Waals surface area contributed by atoms with E-state index < -0.39 is 0 Å². The molecule has 0 bridgehead atoms. The molecule has 1 unspecified atom stereocenters. The van der Waals surface area contributed by atoms with Gasteiger partial charge in [0.15, 0.2) is 0 Å². The van der Waals surface area contributed by atoms with Crippen LogP contribution in [-0.2, 0) is 0 Å². The summed E-state index contributed by atoms with van der Waals surface area (Å²) in [5, 5.41) is 3.35. The van der Waals surface area contributed by atoms with Gasteiger partial charge in [0, 0.05) is 17.3 Å². The summed E-state index contributed by atoms with van der Waals surface area (Å²) >= 11 is 5.20. The lowest BCUT2D eigenvalue weighted by molar-refractivity contribution is 0.779. The van der Waals surface area contributed by atoms with E-state index in [1.165, 1.54) is 11.3 Å². The zero-order valence-electron chi connectivity index (χ0n) is 6.64. The van der Waals surface area contributed by atoms with E-state index in [0.29, 0.717) is 5.92 Å². The molecule has 1 aliphatic rings. The zero-order chi connectivity index (χ0) is 8.55. The third-order valence-corrected chi connectivity index (χ3v) is 4.24. The van der Waals surface area contributed by atoms with Gasteiger partial charge in [-0.3, -0.25) is 0 Å². The first-order valence-electron chi connectivity index (χ1n) is 4.03. The van der Waals surface area contributed by atoms with E-state index in [4.69, 9.17) is 5.73 Å². The molecule has 1 aliphatic heterocycles. The van der Waals surface area contributed by atoms with E-state index >= 15 is 0 Å². The molecule has 2 nitrogen and oxygen atoms in total. The predicted molar refractivity (Wildman–Crippen MR) is 56.7 cm³/mol. The molecule has 12 heavy (non-hydrogen) atoms. The average Bonchev–Trinajstić information content (AvgIpc) is 2.61. The van der Waals surface area contributed by atoms with Gasteiger partial charge in [-0.15, -0.1) is 11.3 Å². The van der Waals surface area contributed by atoms with Crippen LogP contribution in [0.15, 0.2) is 9.85 Å². The van der Waals surface area contributed by atoms with Crippen molar-refractivity contribution in [2.45, 2.75) is 12.3 Å². The number of anilines is 1. The maximum Gasteiger partial charge on any atom is 0.0930 e. The van der Waals surface area contributed by atoms with Crippen LogP contribution < -0.4 is 11.1 Å². The smallest absolute Gasteiger partial charge is 0.0930 e. The summed E-state index contributed by atoms with van der Waals surface area (Å²) < 4.78 is 1.07. The van der Waals surface area contributed by atoms with Gasteiger partial charge in [-0.05, 0) is 35.0 Å². The molecule has 0 radical (unpaired) electrons. The van der Waals surface area contributed by atoms with Crippen LogP contribution in [0.4, 0.5) is 5.69 Å². The minimum absolute atomic E-state index is 0.684. The van der Waals surface area contributed by atoms with Crippen LogP contribution in [0, 0.1) is 0 Å². The molecule has 1 atom stereocenters. The van der Waals surface area contributed by atoms with Crippen LogP contribution in [0.25, 0.3) is 0 Å². The summed E-state index contributed by atoms with van der Waals surface area (Å²) in [6.45, 7) is 2.24. The second-order valence-corrected chi connectivity index (χ2v) is 5.47. The quantitative estimate of drug-likeness (QED) is 0.798. The first-order chi connectivity index (χ1) is 5.77. The van der Waals surface area contributed by atoms with Crippen molar-refractivity contribution in [2.75, 3.05) is 18.8 Å². The Morgan fingerprint density at radius 2 is 2.50 bits per heavy atom. The van der Waals surface area contributed by atoms with E-state index in [-0.39, 0.29) is 0 Å². The van der Waals surface area contributed by atoms with E-state index in [2.05, 4.69) is 27.3 Å². The predicted octanol–water partition coefficient (Wildman–Crippen LogP) is 2.17. The lowest BCUT2D eigenvalue weighted by Crippen LogP contribution is -2.07. The van der Waals surface area contributed by atoms with Crippen LogP contribution in [0.2, 0.25) is 0 Å². The third-order valence-electron chi connectivity index (χ3n) is 2.19. The fourth-order valence-electron chi connectivity index (χ4n) is 1.50. The fourth-order valence-corrected chi connectivity index (χ4v) is 3.11. The monoisotopic (exact) mass is 246 g/mol. The van der Waals surface area contributed by atoms with Crippen LogP contribution >= 0.6 is 27.3 Å². The first-order valence-corrected chi connectivity index (χ1v) is 5.64. The summed E-state index contributed by atoms with van der Waals surface area (Å²) in [6, 6.07) is 2.09. The number of halogens is 1. The molecule has 1 aromatic heterocycles. The summed E-state index contributed by atoms with van der Waals surface area (Å²) in [5.41, 5.74) is 6.63. The third kappa shape index (κ3) is 1.51. The molecule has 1 fully saturated rings. The number of hydrogen-bond donors (Lipinski definition) is 2. The SMILES string of the molecule is Nc1cc(C2CCNC2)sc1Br. The molecule has 0 aromatic carbocycles. The van der Waals surface area contributed by atoms with Crippen LogP contribution in [0.1, 0.15) is 17.2 Å². The second kappa shape index (κ2) is 3.36. The van der Waals surface area contributed by atoms with E-state index in [1.54, 1.807) is 11.3 Å². The van der Waals surface area contributed by atoms with Crippen molar-refractivity contribution in [3.05, 3.63) is 14.7 Å². The topological polar surface area (TPSA) is 38.0 Å². The van der Waals surface area contributed by atoms with Gasteiger partial charge in [0.1, 0.15) is 0 Å². The molecular formula is C8H11BrN2S. The fraction of sp³-hybridized carbons (Fsp3) is 0.500. The first kappa shape index (κ1) is 8.53. The van der Waals surface area contributed by atoms with Gasteiger partial charge in [0.05, 0.1) is 9.47 Å². The summed E-state index contributed by atoms with van der Waals surface area (Å²) in [6.07, 6.45) is 1.24. The molecule has 0 saturated carbocycles. The molecule has 0 aliphatic carbocycles. The molecule has 66 valence electrons. The Balaban J connectivity index is 2.21. The number of nitrogens with two attached hydrogens (primary N) is 1. The highest BCUT2D eigenvalue weighted by atomic mass is 79.9. The van der Waals surface area contributed by atoms with Gasteiger partial charge >= 0.3 is 0 Å². The minimum atomic E-state index is 0.684. The lowest BCUT2D eigenvalue weighted by Gasteiger charge is -2.02. The Morgan fingerprint density at radius 1 is 1.67 bits per heavy atom. The Labute approximate surface area is 84.3 Å². The van der Waals surface area contributed by atoms with Gasteiger partial charge in [0.2, 0.25) is 0 Å². The molecule has 1 aromatic rings. The van der Waals surface area contributed by atoms with Gasteiger partial charge < -0.3 is 11.1 Å². The molecule has 1 saturated heterocycles. The molecule has 0 spiro atoms. The molecule has 2 heterocycles. The highest BCUT2D eigenvalue weighted by molar-refractivity contribution is 9.11. The van der Waals surface area contributed by atoms with Gasteiger partial charge in [-0.2, -0.15) is 0 Å². The van der Waals surface area contributed by atoms with Gasteiger partial charge in [-0.1, -0.05) is 0 Å². The van der Waals surface area contributed by atoms with E-state index in [9.17, 15) is 0 Å². The molecule has 3 N–H and O–H groups in total. The summed E-state index contributed by atoms with van der Waals surface area (Å²) in [5.74, 6) is 0.684. The highest BCUT2D eigenvalue weighted by Gasteiger charge is 2.19. The van der Waals surface area contributed by atoms with Crippen LogP contribution in [-0.4, -0.2) is 13.1 Å². The van der Waals surface area contributed by atoms with Crippen LogP contribution in [0.5, 0.6) is 0 Å². The molecule has 0 amide bonds. The Kier molecular flexibility index (Phi) is 2.39. The summed E-state index contributed by atoms with van der Waals surface area (Å²) in [4.78, 5) is 1.41. The number of thiophene rings is 1. The second-order valence-electron chi connectivity index (χ2n) is 3.07. The van der Waals surface area contributed by atoms with Crippen LogP contribution in [0.3, 0.4) is 0 Å². The van der Waals surface area contributed by atoms with Crippen molar-refractivity contribution in [1.82, 2.24) is 5.32 Å². The van der Waals surface area contributed by atoms with Crippen molar-refractivity contribution in [2.24, 2.45) is 0 Å². The zero-order valence-corrected chi connectivity index (χ0v) is 9.04. The number of rotatable bonds is 1. The van der Waals surface area contributed by atoms with Crippen molar-refractivity contribution < 1.29 is 0 Å². The summed E-state index contributed by atoms with van der Waals surface area (Å²) in [7, 11) is 0. The highest BCUT2D eigenvalue weighted by Crippen LogP contribution is 2.36. The average molecular weight is 247 g/mol. The standard InChI is InChI=1S/C8H11BrN2S/c9-8-6(10)3-7(12-8)5-1-2-11-4-5/h3,5,11H,1-2,4,10H2. The van der Waals surface area contributed by atoms with E-state index in [1.807, 2.05) is 0 Å². The normalized spacial score (nSPS) is 23.2. The Bertz CT molecular complexity index is 259. The maximum atomic E-state index is 5.75. The number of nitrogens with one attached hydrogen (secondary N) is 1. The van der Waals surface area contributed by atoms with E-state index in [0.717, 1.165) is 22.6 Å². The molecule has 2 rings (SSSR count). The number of hydrogen-bond acceptors (Lipinski definition) is 3. The van der Waals surface area contributed by atoms with Crippen molar-refractivity contribution >= 4 is 33.0 Å². The van der Waals surface area contributed by atoms with Crippen molar-refractivity contribution in [3.8, 4) is 0 Å². The van der Waals surface area contributed by atoms with Gasteiger partial charge in [-0.25, -0.2) is 0 Å². The largest absolute Gasteiger partial charge is 0.397 e. The Morgan fingerprint density at radius 3 is 3.00 bits per heavy atom. The Hall–Kier alpha value is -0.0600. The van der Waals surface area contributed by atoms with Crippen molar-refractivity contribution in [3.63, 3.8) is 0 Å². The maximum absolute atomic E-state index is 5.75. The van der Waals surface area contributed by atoms with Gasteiger partial charge in [0.25, 0.3) is 0 Å². The van der Waals surface area contributed by atoms with Crippen molar-refractivity contribution in [1.29, 1.82) is 0 Å². The lowest BCUT2D eigenvalue weighted by atomic mass is 10.1. The molecular weight excluding hydrogens is 236 g/mol.